The Balaban J connectivity index is 1.93. The third-order valence-corrected chi connectivity index (χ3v) is 6.61. The second-order valence-electron chi connectivity index (χ2n) is 5.48. The Kier molecular flexibility index (Phi) is 4.38. The van der Waals surface area contributed by atoms with E-state index in [4.69, 9.17) is 5.73 Å². The van der Waals surface area contributed by atoms with E-state index in [0.717, 1.165) is 28.6 Å². The number of rotatable bonds is 3. The molecule has 0 aliphatic heterocycles. The molecule has 22 heavy (non-hydrogen) atoms. The number of thiophene rings is 2. The molecule has 0 fully saturated rings. The molecule has 4 nitrogen and oxygen atoms in total. The number of carbonyl (C=O) groups excluding carboxylic acids is 2. The van der Waals surface area contributed by atoms with Gasteiger partial charge in [-0.2, -0.15) is 0 Å². The number of aryl methyl sites for hydroxylation is 1. The molecule has 0 radical (unpaired) electrons. The second kappa shape index (κ2) is 6.14. The average molecular weight is 399 g/mol. The Labute approximate surface area is 144 Å². The van der Waals surface area contributed by atoms with Crippen molar-refractivity contribution < 1.29 is 9.59 Å². The summed E-state index contributed by atoms with van der Waals surface area (Å²) in [6, 6.07) is 3.58. The van der Waals surface area contributed by atoms with E-state index in [0.29, 0.717) is 21.4 Å². The van der Waals surface area contributed by atoms with Crippen LogP contribution >= 0.6 is 38.6 Å². The van der Waals surface area contributed by atoms with Crippen molar-refractivity contribution in [3.8, 4) is 0 Å². The Morgan fingerprint density at radius 2 is 2.14 bits per heavy atom. The highest BCUT2D eigenvalue weighted by atomic mass is 79.9. The first-order chi connectivity index (χ1) is 10.5. The number of anilines is 1. The normalized spacial score (nSPS) is 17.1. The molecule has 116 valence electrons. The van der Waals surface area contributed by atoms with Crippen LogP contribution in [-0.2, 0) is 12.8 Å². The fourth-order valence-electron chi connectivity index (χ4n) is 2.71. The second-order valence-corrected chi connectivity index (χ2v) is 9.05. The first-order valence-corrected chi connectivity index (χ1v) is 9.39. The van der Waals surface area contributed by atoms with Crippen LogP contribution in [0.4, 0.5) is 5.00 Å². The van der Waals surface area contributed by atoms with Crippen molar-refractivity contribution in [3.05, 3.63) is 36.8 Å². The number of hydrogen-bond acceptors (Lipinski definition) is 4. The Hall–Kier alpha value is -1.18. The Morgan fingerprint density at radius 1 is 1.36 bits per heavy atom. The van der Waals surface area contributed by atoms with Crippen molar-refractivity contribution in [1.82, 2.24) is 0 Å². The van der Waals surface area contributed by atoms with Gasteiger partial charge in [-0.15, -0.1) is 22.7 Å². The average Bonchev–Trinajstić information content (AvgIpc) is 3.01. The molecular weight excluding hydrogens is 384 g/mol. The summed E-state index contributed by atoms with van der Waals surface area (Å²) in [6.07, 6.45) is 2.91. The first-order valence-electron chi connectivity index (χ1n) is 6.96. The summed E-state index contributed by atoms with van der Waals surface area (Å²) in [5, 5.41) is 3.45. The van der Waals surface area contributed by atoms with Gasteiger partial charge in [-0.1, -0.05) is 6.92 Å². The molecular formula is C15H15BrN2O2S2. The number of primary amides is 1. The summed E-state index contributed by atoms with van der Waals surface area (Å²) in [4.78, 5) is 25.9. The summed E-state index contributed by atoms with van der Waals surface area (Å²) in [6.45, 7) is 2.17. The number of nitrogens with one attached hydrogen (secondary N) is 1. The minimum Gasteiger partial charge on any atom is -0.365 e. The van der Waals surface area contributed by atoms with Gasteiger partial charge < -0.3 is 11.1 Å². The van der Waals surface area contributed by atoms with Crippen molar-refractivity contribution in [2.75, 3.05) is 5.32 Å². The molecule has 1 unspecified atom stereocenters. The molecule has 1 aliphatic carbocycles. The number of carbonyl (C=O) groups is 2. The van der Waals surface area contributed by atoms with E-state index < -0.39 is 5.91 Å². The molecule has 2 aromatic rings. The van der Waals surface area contributed by atoms with Gasteiger partial charge in [0.25, 0.3) is 11.8 Å². The van der Waals surface area contributed by atoms with Crippen molar-refractivity contribution in [1.29, 1.82) is 0 Å². The number of nitrogens with two attached hydrogens (primary N) is 1. The molecule has 2 amide bonds. The fourth-order valence-corrected chi connectivity index (χ4v) is 5.23. The van der Waals surface area contributed by atoms with Crippen LogP contribution in [0.2, 0.25) is 0 Å². The van der Waals surface area contributed by atoms with Crippen LogP contribution in [0.5, 0.6) is 0 Å². The largest absolute Gasteiger partial charge is 0.365 e. The summed E-state index contributed by atoms with van der Waals surface area (Å²) >= 11 is 6.18. The van der Waals surface area contributed by atoms with Gasteiger partial charge >= 0.3 is 0 Å². The van der Waals surface area contributed by atoms with E-state index in [9.17, 15) is 9.59 Å². The number of amides is 2. The van der Waals surface area contributed by atoms with Crippen LogP contribution in [0.25, 0.3) is 0 Å². The number of fused-ring (bicyclic) bond motifs is 1. The Bertz CT molecular complexity index is 751. The molecule has 1 aliphatic rings. The lowest BCUT2D eigenvalue weighted by molar-refractivity contribution is 0.1000. The van der Waals surface area contributed by atoms with Crippen molar-refractivity contribution in [2.45, 2.75) is 26.2 Å². The van der Waals surface area contributed by atoms with E-state index >= 15 is 0 Å². The molecule has 1 atom stereocenters. The molecule has 3 N–H and O–H groups in total. The zero-order valence-corrected chi connectivity index (χ0v) is 15.2. The molecule has 2 heterocycles. The van der Waals surface area contributed by atoms with Gasteiger partial charge in [0.1, 0.15) is 5.00 Å². The molecule has 0 aromatic carbocycles. The highest BCUT2D eigenvalue weighted by Gasteiger charge is 2.27. The summed E-state index contributed by atoms with van der Waals surface area (Å²) in [5.74, 6) is -0.129. The van der Waals surface area contributed by atoms with E-state index in [-0.39, 0.29) is 5.91 Å². The van der Waals surface area contributed by atoms with Crippen LogP contribution in [-0.4, -0.2) is 11.8 Å². The molecule has 3 rings (SSSR count). The predicted octanol–water partition coefficient (Wildman–Crippen LogP) is 4.05. The van der Waals surface area contributed by atoms with Gasteiger partial charge in [0, 0.05) is 4.88 Å². The van der Waals surface area contributed by atoms with Crippen LogP contribution < -0.4 is 11.1 Å². The fraction of sp³-hybridized carbons (Fsp3) is 0.333. The minimum absolute atomic E-state index is 0.204. The lowest BCUT2D eigenvalue weighted by atomic mass is 9.87. The quantitative estimate of drug-likeness (QED) is 0.818. The molecule has 0 spiro atoms. The monoisotopic (exact) mass is 398 g/mol. The lowest BCUT2D eigenvalue weighted by Gasteiger charge is -2.18. The smallest absolute Gasteiger partial charge is 0.266 e. The maximum atomic E-state index is 12.3. The van der Waals surface area contributed by atoms with E-state index in [2.05, 4.69) is 28.2 Å². The van der Waals surface area contributed by atoms with Gasteiger partial charge in [0.15, 0.2) is 0 Å². The van der Waals surface area contributed by atoms with Crippen LogP contribution in [0.15, 0.2) is 15.9 Å². The topological polar surface area (TPSA) is 72.2 Å². The SMILES string of the molecule is CC1CCc2sc(NC(=O)c3ccc(Br)s3)c(C(N)=O)c2C1. The third-order valence-electron chi connectivity index (χ3n) is 3.78. The van der Waals surface area contributed by atoms with Crippen molar-refractivity contribution >= 4 is 55.4 Å². The van der Waals surface area contributed by atoms with Crippen LogP contribution in [0.1, 0.15) is 43.8 Å². The van der Waals surface area contributed by atoms with Gasteiger partial charge in [-0.3, -0.25) is 9.59 Å². The van der Waals surface area contributed by atoms with Crippen LogP contribution in [0, 0.1) is 5.92 Å². The zero-order chi connectivity index (χ0) is 15.9. The third kappa shape index (κ3) is 2.98. The predicted molar refractivity (Wildman–Crippen MR) is 94.0 cm³/mol. The van der Waals surface area contributed by atoms with Gasteiger partial charge in [-0.25, -0.2) is 0 Å². The standard InChI is InChI=1S/C15H15BrN2O2S2/c1-7-2-3-9-8(6-7)12(13(17)19)15(22-9)18-14(20)10-4-5-11(16)21-10/h4-5,7H,2-3,6H2,1H3,(H2,17,19)(H,18,20). The van der Waals surface area contributed by atoms with E-state index in [1.165, 1.54) is 27.6 Å². The van der Waals surface area contributed by atoms with Crippen molar-refractivity contribution in [2.24, 2.45) is 11.7 Å². The summed E-state index contributed by atoms with van der Waals surface area (Å²) in [5.41, 5.74) is 7.08. The molecule has 7 heteroatoms. The van der Waals surface area contributed by atoms with Gasteiger partial charge in [-0.05, 0) is 58.8 Å². The van der Waals surface area contributed by atoms with Gasteiger partial charge in [0.2, 0.25) is 0 Å². The van der Waals surface area contributed by atoms with E-state index in [1.807, 2.05) is 6.07 Å². The van der Waals surface area contributed by atoms with E-state index in [1.54, 1.807) is 6.07 Å². The maximum absolute atomic E-state index is 12.3. The molecule has 2 aromatic heterocycles. The number of hydrogen-bond donors (Lipinski definition) is 2. The molecule has 0 bridgehead atoms. The first kappa shape index (κ1) is 15.7. The highest BCUT2D eigenvalue weighted by Crippen LogP contribution is 2.39. The molecule has 0 saturated carbocycles. The maximum Gasteiger partial charge on any atom is 0.266 e. The minimum atomic E-state index is -0.464. The van der Waals surface area contributed by atoms with Gasteiger partial charge in [0.05, 0.1) is 14.2 Å². The molecule has 0 saturated heterocycles. The lowest BCUT2D eigenvalue weighted by Crippen LogP contribution is -2.19. The van der Waals surface area contributed by atoms with Crippen LogP contribution in [0.3, 0.4) is 0 Å². The highest BCUT2D eigenvalue weighted by molar-refractivity contribution is 9.11. The van der Waals surface area contributed by atoms with Crippen molar-refractivity contribution in [3.63, 3.8) is 0 Å². The number of halogens is 1. The zero-order valence-electron chi connectivity index (χ0n) is 11.9. The summed E-state index contributed by atoms with van der Waals surface area (Å²) < 4.78 is 0.895. The summed E-state index contributed by atoms with van der Waals surface area (Å²) in [7, 11) is 0. The Morgan fingerprint density at radius 3 is 2.77 bits per heavy atom.